The molecule has 0 unspecified atom stereocenters. The van der Waals surface area contributed by atoms with Gasteiger partial charge in [-0.1, -0.05) is 79.9 Å². The first-order chi connectivity index (χ1) is 15.5. The number of hydrogen-bond donors (Lipinski definition) is 0. The molecule has 1 nitrogen and oxygen atoms in total. The molecule has 32 heavy (non-hydrogen) atoms. The van der Waals surface area contributed by atoms with Crippen LogP contribution in [0.4, 0.5) is 4.39 Å². The van der Waals surface area contributed by atoms with E-state index in [4.69, 9.17) is 16.3 Å². The van der Waals surface area contributed by atoms with Crippen molar-refractivity contribution in [2.75, 3.05) is 6.61 Å². The number of halogens is 2. The second-order valence-corrected chi connectivity index (χ2v) is 9.45. The van der Waals surface area contributed by atoms with E-state index in [9.17, 15) is 4.39 Å². The minimum Gasteiger partial charge on any atom is -0.491 e. The van der Waals surface area contributed by atoms with E-state index in [0.717, 1.165) is 30.2 Å². The monoisotopic (exact) mass is 450 g/mol. The average molecular weight is 451 g/mol. The largest absolute Gasteiger partial charge is 0.491 e. The fraction of sp³-hybridized carbons (Fsp3) is 0.379. The van der Waals surface area contributed by atoms with E-state index in [2.05, 4.69) is 43.3 Å². The van der Waals surface area contributed by atoms with E-state index in [1.807, 2.05) is 25.1 Å². The van der Waals surface area contributed by atoms with E-state index in [1.165, 1.54) is 42.4 Å². The second kappa shape index (κ2) is 10.5. The van der Waals surface area contributed by atoms with Crippen LogP contribution < -0.4 is 4.74 Å². The maximum absolute atomic E-state index is 14.4. The lowest BCUT2D eigenvalue weighted by atomic mass is 9.79. The maximum Gasteiger partial charge on any atom is 0.184 e. The molecule has 168 valence electrons. The molecule has 0 N–H and O–H groups in total. The predicted molar refractivity (Wildman–Crippen MR) is 132 cm³/mol. The highest BCUT2D eigenvalue weighted by Crippen LogP contribution is 2.36. The van der Waals surface area contributed by atoms with Crippen molar-refractivity contribution in [3.05, 3.63) is 88.2 Å². The van der Waals surface area contributed by atoms with Crippen molar-refractivity contribution in [2.45, 2.75) is 58.3 Å². The van der Waals surface area contributed by atoms with E-state index in [-0.39, 0.29) is 10.8 Å². The van der Waals surface area contributed by atoms with Gasteiger partial charge in [0.1, 0.15) is 0 Å². The third-order valence-electron chi connectivity index (χ3n) is 6.78. The molecule has 0 saturated heterocycles. The highest BCUT2D eigenvalue weighted by Gasteiger charge is 2.19. The van der Waals surface area contributed by atoms with Crippen molar-refractivity contribution in [2.24, 2.45) is 5.92 Å². The molecular weight excluding hydrogens is 419 g/mol. The van der Waals surface area contributed by atoms with Crippen LogP contribution in [0.5, 0.6) is 5.75 Å². The van der Waals surface area contributed by atoms with Gasteiger partial charge in [0.15, 0.2) is 11.6 Å². The lowest BCUT2D eigenvalue weighted by molar-refractivity contribution is 0.322. The van der Waals surface area contributed by atoms with Gasteiger partial charge in [0.25, 0.3) is 0 Å². The van der Waals surface area contributed by atoms with Crippen molar-refractivity contribution in [3.8, 4) is 16.9 Å². The van der Waals surface area contributed by atoms with Gasteiger partial charge in [0.05, 0.1) is 11.6 Å². The zero-order valence-corrected chi connectivity index (χ0v) is 19.8. The minimum atomic E-state index is -0.499. The summed E-state index contributed by atoms with van der Waals surface area (Å²) < 4.78 is 19.7. The Morgan fingerprint density at radius 2 is 1.44 bits per heavy atom. The van der Waals surface area contributed by atoms with Gasteiger partial charge in [-0.25, -0.2) is 4.39 Å². The number of ether oxygens (including phenoxy) is 1. The molecule has 0 amide bonds. The van der Waals surface area contributed by atoms with Crippen LogP contribution in [0.25, 0.3) is 11.1 Å². The van der Waals surface area contributed by atoms with Gasteiger partial charge in [-0.3, -0.25) is 0 Å². The zero-order valence-electron chi connectivity index (χ0n) is 19.0. The summed E-state index contributed by atoms with van der Waals surface area (Å²) in [7, 11) is 0. The molecule has 3 heteroatoms. The van der Waals surface area contributed by atoms with Crippen LogP contribution in [0.2, 0.25) is 5.02 Å². The first kappa shape index (κ1) is 22.9. The molecule has 0 aromatic heterocycles. The Kier molecular flexibility index (Phi) is 7.52. The second-order valence-electron chi connectivity index (χ2n) is 9.07. The van der Waals surface area contributed by atoms with Gasteiger partial charge in [0.2, 0.25) is 0 Å². The Labute approximate surface area is 196 Å². The zero-order chi connectivity index (χ0) is 22.5. The molecule has 0 heterocycles. The fourth-order valence-corrected chi connectivity index (χ4v) is 4.98. The lowest BCUT2D eigenvalue weighted by Gasteiger charge is -2.26. The first-order valence-corrected chi connectivity index (χ1v) is 12.2. The third kappa shape index (κ3) is 5.35. The molecule has 1 aliphatic carbocycles. The van der Waals surface area contributed by atoms with E-state index < -0.39 is 5.82 Å². The highest BCUT2D eigenvalue weighted by atomic mass is 35.5. The molecular formula is C29H32ClFO. The Morgan fingerprint density at radius 3 is 2.03 bits per heavy atom. The quantitative estimate of drug-likeness (QED) is 0.350. The number of hydrogen-bond acceptors (Lipinski definition) is 1. The summed E-state index contributed by atoms with van der Waals surface area (Å²) in [5.74, 6) is 1.33. The van der Waals surface area contributed by atoms with Gasteiger partial charge >= 0.3 is 0 Å². The molecule has 0 atom stereocenters. The SMILES string of the molecule is CCOc1ccc(-c2ccc(CCc3ccc(C4CCC(C)CC4)cc3)cc2)c(Cl)c1F. The summed E-state index contributed by atoms with van der Waals surface area (Å²) in [6.45, 7) is 4.60. The van der Waals surface area contributed by atoms with Gasteiger partial charge in [0, 0.05) is 5.56 Å². The summed E-state index contributed by atoms with van der Waals surface area (Å²) in [5, 5.41) is 0.108. The smallest absolute Gasteiger partial charge is 0.184 e. The first-order valence-electron chi connectivity index (χ1n) is 11.8. The summed E-state index contributed by atoms with van der Waals surface area (Å²) in [6.07, 6.45) is 7.36. The van der Waals surface area contributed by atoms with Crippen LogP contribution in [-0.2, 0) is 12.8 Å². The minimum absolute atomic E-state index is 0.108. The third-order valence-corrected chi connectivity index (χ3v) is 7.15. The average Bonchev–Trinajstić information content (AvgIpc) is 2.82. The predicted octanol–water partition coefficient (Wildman–Crippen LogP) is 8.62. The van der Waals surface area contributed by atoms with Gasteiger partial charge in [-0.15, -0.1) is 0 Å². The Morgan fingerprint density at radius 1 is 0.844 bits per heavy atom. The molecule has 1 saturated carbocycles. The molecule has 0 radical (unpaired) electrons. The fourth-order valence-electron chi connectivity index (χ4n) is 4.71. The Balaban J connectivity index is 1.37. The number of aryl methyl sites for hydroxylation is 2. The van der Waals surface area contributed by atoms with Crippen LogP contribution in [0.1, 0.15) is 62.1 Å². The van der Waals surface area contributed by atoms with E-state index in [0.29, 0.717) is 12.2 Å². The molecule has 0 aliphatic heterocycles. The van der Waals surface area contributed by atoms with Crippen LogP contribution in [0.15, 0.2) is 60.7 Å². The van der Waals surface area contributed by atoms with Crippen molar-refractivity contribution >= 4 is 11.6 Å². The van der Waals surface area contributed by atoms with Crippen molar-refractivity contribution in [1.29, 1.82) is 0 Å². The molecule has 4 rings (SSSR count). The highest BCUT2D eigenvalue weighted by molar-refractivity contribution is 6.33. The maximum atomic E-state index is 14.4. The molecule has 1 aliphatic rings. The van der Waals surface area contributed by atoms with Crippen LogP contribution in [-0.4, -0.2) is 6.61 Å². The Bertz CT molecular complexity index is 1020. The molecule has 1 fully saturated rings. The van der Waals surface area contributed by atoms with E-state index in [1.54, 1.807) is 6.07 Å². The van der Waals surface area contributed by atoms with Gasteiger partial charge in [-0.2, -0.15) is 0 Å². The Hall–Kier alpha value is -2.32. The number of rotatable bonds is 7. The topological polar surface area (TPSA) is 9.23 Å². The van der Waals surface area contributed by atoms with Crippen LogP contribution in [0, 0.1) is 11.7 Å². The normalized spacial score (nSPS) is 18.5. The van der Waals surface area contributed by atoms with Crippen LogP contribution in [0.3, 0.4) is 0 Å². The summed E-state index contributed by atoms with van der Waals surface area (Å²) in [6, 6.07) is 21.0. The van der Waals surface area contributed by atoms with E-state index >= 15 is 0 Å². The lowest BCUT2D eigenvalue weighted by Crippen LogP contribution is -2.10. The molecule has 0 bridgehead atoms. The number of benzene rings is 3. The molecule has 3 aromatic carbocycles. The van der Waals surface area contributed by atoms with Gasteiger partial charge in [-0.05, 0) is 78.8 Å². The summed E-state index contributed by atoms with van der Waals surface area (Å²) in [4.78, 5) is 0. The van der Waals surface area contributed by atoms with Gasteiger partial charge < -0.3 is 4.74 Å². The van der Waals surface area contributed by atoms with Crippen molar-refractivity contribution in [1.82, 2.24) is 0 Å². The van der Waals surface area contributed by atoms with Crippen LogP contribution >= 0.6 is 11.6 Å². The molecule has 3 aromatic rings. The van der Waals surface area contributed by atoms with Crippen molar-refractivity contribution in [3.63, 3.8) is 0 Å². The van der Waals surface area contributed by atoms with Crippen molar-refractivity contribution < 1.29 is 9.13 Å². The summed E-state index contributed by atoms with van der Waals surface area (Å²) >= 11 is 6.27. The standard InChI is InChI=1S/C29H32ClFO/c1-3-32-27-19-18-26(28(30)29(27)31)25-16-10-22(11-17-25)7-6-21-8-14-24(15-9-21)23-12-4-20(2)5-13-23/h8-11,14-20,23H,3-7,12-13H2,1-2H3. The molecule has 0 spiro atoms. The summed E-state index contributed by atoms with van der Waals surface area (Å²) in [5.41, 5.74) is 5.74.